The number of nitrogens with zero attached hydrogens (tertiary/aromatic N) is 3. The quantitative estimate of drug-likeness (QED) is 0.883. The van der Waals surface area contributed by atoms with Crippen LogP contribution in [0.15, 0.2) is 36.5 Å². The van der Waals surface area contributed by atoms with Gasteiger partial charge in [0.25, 0.3) is 0 Å². The largest absolute Gasteiger partial charge is 0.366 e. The highest BCUT2D eigenvalue weighted by Crippen LogP contribution is 2.47. The third-order valence-corrected chi connectivity index (χ3v) is 6.63. The molecular formula is C21H22F2N4O. The first-order valence-electron chi connectivity index (χ1n) is 9.74. The highest BCUT2D eigenvalue weighted by atomic mass is 19.1. The van der Waals surface area contributed by atoms with Crippen LogP contribution in [0, 0.1) is 17.6 Å². The molecule has 3 atom stereocenters. The van der Waals surface area contributed by atoms with Gasteiger partial charge >= 0.3 is 0 Å². The zero-order valence-corrected chi connectivity index (χ0v) is 15.4. The fourth-order valence-corrected chi connectivity index (χ4v) is 5.47. The van der Waals surface area contributed by atoms with Gasteiger partial charge in [-0.3, -0.25) is 9.69 Å². The summed E-state index contributed by atoms with van der Waals surface area (Å²) in [6.45, 7) is 2.71. The highest BCUT2D eigenvalue weighted by Gasteiger charge is 2.53. The fourth-order valence-electron chi connectivity index (χ4n) is 5.47. The number of rotatable bonds is 3. The number of primary amides is 1. The maximum absolute atomic E-state index is 13.9. The molecule has 2 bridgehead atoms. The number of hydrogen-bond donors (Lipinski definition) is 1. The third kappa shape index (κ3) is 2.76. The molecule has 1 aromatic heterocycles. The van der Waals surface area contributed by atoms with E-state index in [0.29, 0.717) is 23.6 Å². The van der Waals surface area contributed by atoms with Gasteiger partial charge in [-0.05, 0) is 61.7 Å². The highest BCUT2D eigenvalue weighted by molar-refractivity contribution is 5.92. The van der Waals surface area contributed by atoms with Crippen LogP contribution in [0.4, 0.5) is 14.6 Å². The van der Waals surface area contributed by atoms with Crippen LogP contribution in [0.2, 0.25) is 0 Å². The summed E-state index contributed by atoms with van der Waals surface area (Å²) < 4.78 is 27.8. The summed E-state index contributed by atoms with van der Waals surface area (Å²) in [5.41, 5.74) is 6.41. The lowest BCUT2D eigenvalue weighted by molar-refractivity contribution is 0.0354. The molecule has 2 aromatic rings. The van der Waals surface area contributed by atoms with Crippen molar-refractivity contribution in [3.8, 4) is 0 Å². The van der Waals surface area contributed by atoms with Crippen LogP contribution in [-0.4, -0.2) is 47.5 Å². The Balaban J connectivity index is 1.54. The number of pyridine rings is 1. The van der Waals surface area contributed by atoms with E-state index < -0.39 is 17.5 Å². The summed E-state index contributed by atoms with van der Waals surface area (Å²) in [6.07, 6.45) is 3.76. The zero-order chi connectivity index (χ0) is 19.4. The zero-order valence-electron chi connectivity index (χ0n) is 15.4. The lowest BCUT2D eigenvalue weighted by Crippen LogP contribution is -2.60. The molecular weight excluding hydrogens is 362 g/mol. The maximum Gasteiger partial charge on any atom is 0.250 e. The van der Waals surface area contributed by atoms with E-state index in [1.807, 2.05) is 6.07 Å². The number of anilines is 1. The average molecular weight is 384 g/mol. The number of piperidine rings is 3. The molecule has 4 aliphatic heterocycles. The van der Waals surface area contributed by atoms with E-state index in [4.69, 9.17) is 5.73 Å². The van der Waals surface area contributed by atoms with Gasteiger partial charge in [0.05, 0.1) is 5.56 Å². The third-order valence-electron chi connectivity index (χ3n) is 6.63. The Morgan fingerprint density at radius 3 is 2.39 bits per heavy atom. The Labute approximate surface area is 162 Å². The summed E-state index contributed by atoms with van der Waals surface area (Å²) in [5, 5.41) is 0. The second kappa shape index (κ2) is 6.51. The SMILES string of the molecule is NC(=O)c1ccc(N2C[C@@H](c3cc(F)cc(F)c3)[C@@H]3[C@H]2C2CCN3CC2)nc1. The van der Waals surface area contributed by atoms with Crippen molar-refractivity contribution in [1.29, 1.82) is 0 Å². The van der Waals surface area contributed by atoms with Gasteiger partial charge in [0.15, 0.2) is 0 Å². The van der Waals surface area contributed by atoms with Crippen LogP contribution in [0.3, 0.4) is 0 Å². The van der Waals surface area contributed by atoms with Gasteiger partial charge in [-0.1, -0.05) is 0 Å². The minimum absolute atomic E-state index is 0.0101. The molecule has 1 amide bonds. The number of aromatic nitrogens is 1. The molecule has 0 spiro atoms. The molecule has 0 radical (unpaired) electrons. The van der Waals surface area contributed by atoms with Crippen LogP contribution >= 0.6 is 0 Å². The molecule has 6 rings (SSSR count). The van der Waals surface area contributed by atoms with Crippen molar-refractivity contribution in [2.45, 2.75) is 30.8 Å². The molecule has 28 heavy (non-hydrogen) atoms. The van der Waals surface area contributed by atoms with Crippen molar-refractivity contribution < 1.29 is 13.6 Å². The minimum atomic E-state index is -0.537. The molecule has 5 heterocycles. The fraction of sp³-hybridized carbons (Fsp3) is 0.429. The van der Waals surface area contributed by atoms with E-state index in [1.54, 1.807) is 6.07 Å². The van der Waals surface area contributed by atoms with Gasteiger partial charge in [-0.2, -0.15) is 0 Å². The van der Waals surface area contributed by atoms with Crippen molar-refractivity contribution in [1.82, 2.24) is 9.88 Å². The van der Waals surface area contributed by atoms with Gasteiger partial charge in [0, 0.05) is 36.8 Å². The topological polar surface area (TPSA) is 62.5 Å². The summed E-state index contributed by atoms with van der Waals surface area (Å²) in [4.78, 5) is 20.6. The maximum atomic E-state index is 13.9. The van der Waals surface area contributed by atoms with Crippen LogP contribution in [-0.2, 0) is 0 Å². The molecule has 2 N–H and O–H groups in total. The number of carbonyl (C=O) groups is 1. The van der Waals surface area contributed by atoms with Crippen LogP contribution < -0.4 is 10.6 Å². The summed E-state index contributed by atoms with van der Waals surface area (Å²) >= 11 is 0. The molecule has 7 heteroatoms. The van der Waals surface area contributed by atoms with Crippen molar-refractivity contribution in [3.63, 3.8) is 0 Å². The molecule has 0 saturated carbocycles. The van der Waals surface area contributed by atoms with Crippen molar-refractivity contribution >= 4 is 11.7 Å². The second-order valence-electron chi connectivity index (χ2n) is 8.09. The number of halogens is 2. The first-order valence-corrected chi connectivity index (χ1v) is 9.74. The van der Waals surface area contributed by atoms with Crippen molar-refractivity contribution in [2.75, 3.05) is 24.5 Å². The molecule has 0 unspecified atom stereocenters. The Morgan fingerprint density at radius 1 is 1.07 bits per heavy atom. The monoisotopic (exact) mass is 384 g/mol. The Morgan fingerprint density at radius 2 is 1.79 bits per heavy atom. The normalized spacial score (nSPS) is 31.1. The van der Waals surface area contributed by atoms with Crippen LogP contribution in [0.5, 0.6) is 0 Å². The molecule has 4 fully saturated rings. The van der Waals surface area contributed by atoms with Gasteiger partial charge in [-0.25, -0.2) is 13.8 Å². The van der Waals surface area contributed by atoms with E-state index >= 15 is 0 Å². The minimum Gasteiger partial charge on any atom is -0.366 e. The van der Waals surface area contributed by atoms with Gasteiger partial charge < -0.3 is 10.6 Å². The second-order valence-corrected chi connectivity index (χ2v) is 8.09. The van der Waals surface area contributed by atoms with E-state index in [0.717, 1.165) is 37.8 Å². The molecule has 5 nitrogen and oxygen atoms in total. The molecule has 1 aromatic carbocycles. The molecule has 4 aliphatic rings. The summed E-state index contributed by atoms with van der Waals surface area (Å²) in [7, 11) is 0. The van der Waals surface area contributed by atoms with E-state index in [2.05, 4.69) is 14.8 Å². The van der Waals surface area contributed by atoms with E-state index in [9.17, 15) is 13.6 Å². The van der Waals surface area contributed by atoms with Gasteiger partial charge in [0.1, 0.15) is 17.5 Å². The number of fused-ring (bicyclic) bond motifs is 2. The predicted molar refractivity (Wildman–Crippen MR) is 101 cm³/mol. The Kier molecular flexibility index (Phi) is 4.08. The summed E-state index contributed by atoms with van der Waals surface area (Å²) in [5.74, 6) is -0.246. The number of nitrogens with two attached hydrogens (primary N) is 1. The standard InChI is InChI=1S/C21H22F2N4O/c22-15-7-14(8-16(23)9-15)17-11-27(18-2-1-13(10-25-18)21(24)28)19-12-3-5-26(6-4-12)20(17)19/h1-2,7-10,12,17,19-20H,3-6,11H2,(H2,24,28)/t17-,19+,20+/m0/s1. The smallest absolute Gasteiger partial charge is 0.250 e. The van der Waals surface area contributed by atoms with E-state index in [-0.39, 0.29) is 18.0 Å². The van der Waals surface area contributed by atoms with Crippen molar-refractivity contribution in [3.05, 3.63) is 59.3 Å². The lowest BCUT2D eigenvalue weighted by atomic mass is 9.75. The number of benzene rings is 1. The number of carbonyl (C=O) groups excluding carboxylic acids is 1. The van der Waals surface area contributed by atoms with Crippen LogP contribution in [0.1, 0.15) is 34.7 Å². The first-order chi connectivity index (χ1) is 13.5. The first kappa shape index (κ1) is 17.6. The molecule has 0 aliphatic carbocycles. The summed E-state index contributed by atoms with van der Waals surface area (Å²) in [6, 6.07) is 7.82. The van der Waals surface area contributed by atoms with Gasteiger partial charge in [-0.15, -0.1) is 0 Å². The van der Waals surface area contributed by atoms with Crippen molar-refractivity contribution in [2.24, 2.45) is 11.7 Å². The predicted octanol–water partition coefficient (Wildman–Crippen LogP) is 2.53. The number of amides is 1. The van der Waals surface area contributed by atoms with Gasteiger partial charge in [0.2, 0.25) is 5.91 Å². The lowest BCUT2D eigenvalue weighted by Gasteiger charge is -2.51. The molecule has 146 valence electrons. The Hall–Kier alpha value is -2.54. The number of hydrogen-bond acceptors (Lipinski definition) is 4. The van der Waals surface area contributed by atoms with Crippen LogP contribution in [0.25, 0.3) is 0 Å². The Bertz CT molecular complexity index is 891. The molecule has 4 saturated heterocycles. The van der Waals surface area contributed by atoms with E-state index in [1.165, 1.54) is 18.3 Å². The average Bonchev–Trinajstić information content (AvgIpc) is 3.11.